The normalized spacial score (nSPS) is 16.2. The highest BCUT2D eigenvalue weighted by Crippen LogP contribution is 2.26. The van der Waals surface area contributed by atoms with E-state index < -0.39 is 23.4 Å². The molecule has 0 spiro atoms. The summed E-state index contributed by atoms with van der Waals surface area (Å²) >= 11 is 0. The van der Waals surface area contributed by atoms with Crippen molar-refractivity contribution in [2.45, 2.75) is 51.7 Å². The third kappa shape index (κ3) is 6.44. The van der Waals surface area contributed by atoms with E-state index in [1.807, 2.05) is 20.8 Å². The van der Waals surface area contributed by atoms with E-state index in [1.165, 1.54) is 30.1 Å². The average Bonchev–Trinajstić information content (AvgIpc) is 2.60. The number of nitrogens with zero attached hydrogens (tertiary/aromatic N) is 2. The molecule has 0 bridgehead atoms. The molecule has 1 atom stereocenters. The molecule has 1 fully saturated rings. The molecule has 1 aromatic rings. The van der Waals surface area contributed by atoms with Crippen molar-refractivity contribution >= 4 is 17.9 Å². The number of rotatable bonds is 5. The van der Waals surface area contributed by atoms with Crippen LogP contribution in [0.5, 0.6) is 0 Å². The fraction of sp³-hybridized carbons (Fsp3) is 0.571. The number of carbonyl (C=O) groups excluding carboxylic acids is 3. The maximum absolute atomic E-state index is 13.5. The number of nitrogens with two attached hydrogens (primary N) is 1. The number of likely N-dealkylation sites (tertiary alicyclic amines) is 1. The summed E-state index contributed by atoms with van der Waals surface area (Å²) in [6.45, 7) is 6.49. The van der Waals surface area contributed by atoms with Crippen molar-refractivity contribution in [3.63, 3.8) is 0 Å². The predicted octanol–water partition coefficient (Wildman–Crippen LogP) is 2.85. The van der Waals surface area contributed by atoms with Crippen molar-refractivity contribution in [1.29, 1.82) is 0 Å². The van der Waals surface area contributed by atoms with Crippen LogP contribution in [0.1, 0.15) is 51.6 Å². The van der Waals surface area contributed by atoms with Crippen LogP contribution >= 0.6 is 0 Å². The van der Waals surface area contributed by atoms with Crippen molar-refractivity contribution in [3.05, 3.63) is 35.6 Å². The van der Waals surface area contributed by atoms with Crippen LogP contribution in [-0.4, -0.2) is 53.4 Å². The monoisotopic (exact) mass is 407 g/mol. The molecule has 0 saturated carbocycles. The Balaban J connectivity index is 1.94. The topological polar surface area (TPSA) is 92.9 Å². The quantitative estimate of drug-likeness (QED) is 0.812. The summed E-state index contributed by atoms with van der Waals surface area (Å²) in [7, 11) is 1.50. The van der Waals surface area contributed by atoms with Gasteiger partial charge in [-0.15, -0.1) is 0 Å². The van der Waals surface area contributed by atoms with Crippen LogP contribution in [0.3, 0.4) is 0 Å². The SMILES string of the molecule is CN(C(=O)CC1CCN(C(=O)OC(C)(C)C)CC1)C(C(N)=O)c1cccc(F)c1. The fourth-order valence-electron chi connectivity index (χ4n) is 3.44. The minimum atomic E-state index is -1.03. The smallest absolute Gasteiger partial charge is 0.410 e. The second-order valence-corrected chi connectivity index (χ2v) is 8.48. The van der Waals surface area contributed by atoms with Gasteiger partial charge < -0.3 is 20.3 Å². The number of likely N-dealkylation sites (N-methyl/N-ethyl adjacent to an activating group) is 1. The Morgan fingerprint density at radius 2 is 1.90 bits per heavy atom. The van der Waals surface area contributed by atoms with Crippen molar-refractivity contribution in [2.75, 3.05) is 20.1 Å². The number of benzene rings is 1. The lowest BCUT2D eigenvalue weighted by molar-refractivity contribution is -0.139. The van der Waals surface area contributed by atoms with Gasteiger partial charge in [-0.2, -0.15) is 0 Å². The lowest BCUT2D eigenvalue weighted by Crippen LogP contribution is -2.43. The third-order valence-corrected chi connectivity index (χ3v) is 4.94. The Morgan fingerprint density at radius 1 is 1.28 bits per heavy atom. The van der Waals surface area contributed by atoms with Crippen LogP contribution < -0.4 is 5.73 Å². The predicted molar refractivity (Wildman–Crippen MR) is 106 cm³/mol. The zero-order chi connectivity index (χ0) is 21.8. The van der Waals surface area contributed by atoms with Gasteiger partial charge >= 0.3 is 6.09 Å². The van der Waals surface area contributed by atoms with Crippen LogP contribution in [0.15, 0.2) is 24.3 Å². The summed E-state index contributed by atoms with van der Waals surface area (Å²) in [5.74, 6) is -1.37. The number of piperidine rings is 1. The number of carbonyl (C=O) groups is 3. The molecule has 29 heavy (non-hydrogen) atoms. The second-order valence-electron chi connectivity index (χ2n) is 8.48. The third-order valence-electron chi connectivity index (χ3n) is 4.94. The number of ether oxygens (including phenoxy) is 1. The van der Waals surface area contributed by atoms with Crippen molar-refractivity contribution in [3.8, 4) is 0 Å². The van der Waals surface area contributed by atoms with Gasteiger partial charge in [-0.05, 0) is 57.2 Å². The van der Waals surface area contributed by atoms with Gasteiger partial charge in [0.1, 0.15) is 17.5 Å². The molecule has 0 aromatic heterocycles. The van der Waals surface area contributed by atoms with Gasteiger partial charge in [-0.1, -0.05) is 12.1 Å². The summed E-state index contributed by atoms with van der Waals surface area (Å²) in [6, 6.07) is 4.49. The first kappa shape index (κ1) is 22.6. The van der Waals surface area contributed by atoms with E-state index in [1.54, 1.807) is 11.0 Å². The molecular formula is C21H30FN3O4. The van der Waals surface area contributed by atoms with E-state index in [4.69, 9.17) is 10.5 Å². The Kier molecular flexibility index (Phi) is 7.21. The Hall–Kier alpha value is -2.64. The second kappa shape index (κ2) is 9.24. The molecule has 1 heterocycles. The Morgan fingerprint density at radius 3 is 2.41 bits per heavy atom. The number of hydrogen-bond acceptors (Lipinski definition) is 4. The maximum Gasteiger partial charge on any atom is 0.410 e. The van der Waals surface area contributed by atoms with Gasteiger partial charge in [-0.25, -0.2) is 9.18 Å². The molecule has 7 nitrogen and oxygen atoms in total. The average molecular weight is 407 g/mol. The summed E-state index contributed by atoms with van der Waals surface area (Å²) in [4.78, 5) is 39.7. The van der Waals surface area contributed by atoms with E-state index >= 15 is 0 Å². The van der Waals surface area contributed by atoms with E-state index in [0.29, 0.717) is 31.5 Å². The molecular weight excluding hydrogens is 377 g/mol. The zero-order valence-electron chi connectivity index (χ0n) is 17.5. The highest BCUT2D eigenvalue weighted by Gasteiger charge is 2.31. The van der Waals surface area contributed by atoms with Crippen LogP contribution in [-0.2, 0) is 14.3 Å². The minimum absolute atomic E-state index is 0.0877. The molecule has 160 valence electrons. The Labute approximate surface area is 171 Å². The van der Waals surface area contributed by atoms with Crippen LogP contribution in [0.4, 0.5) is 9.18 Å². The molecule has 8 heteroatoms. The van der Waals surface area contributed by atoms with Gasteiger partial charge in [0.15, 0.2) is 0 Å². The fourth-order valence-corrected chi connectivity index (χ4v) is 3.44. The molecule has 1 aromatic carbocycles. The Bertz CT molecular complexity index is 755. The van der Waals surface area contributed by atoms with Gasteiger partial charge in [0.25, 0.3) is 0 Å². The van der Waals surface area contributed by atoms with E-state index in [9.17, 15) is 18.8 Å². The number of halogens is 1. The van der Waals surface area contributed by atoms with Crippen LogP contribution in [0, 0.1) is 11.7 Å². The zero-order valence-corrected chi connectivity index (χ0v) is 17.5. The highest BCUT2D eigenvalue weighted by atomic mass is 19.1. The first-order chi connectivity index (χ1) is 13.5. The van der Waals surface area contributed by atoms with Gasteiger partial charge in [0.2, 0.25) is 11.8 Å². The van der Waals surface area contributed by atoms with Crippen molar-refractivity contribution in [2.24, 2.45) is 11.7 Å². The first-order valence-corrected chi connectivity index (χ1v) is 9.76. The summed E-state index contributed by atoms with van der Waals surface area (Å²) < 4.78 is 18.9. The van der Waals surface area contributed by atoms with E-state index in [-0.39, 0.29) is 24.3 Å². The number of primary amides is 1. The molecule has 1 aliphatic rings. The van der Waals surface area contributed by atoms with Crippen LogP contribution in [0.25, 0.3) is 0 Å². The molecule has 0 radical (unpaired) electrons. The number of hydrogen-bond donors (Lipinski definition) is 1. The lowest BCUT2D eigenvalue weighted by atomic mass is 9.92. The lowest BCUT2D eigenvalue weighted by Gasteiger charge is -2.34. The summed E-state index contributed by atoms with van der Waals surface area (Å²) in [5, 5.41) is 0. The molecule has 2 rings (SSSR count). The largest absolute Gasteiger partial charge is 0.444 e. The van der Waals surface area contributed by atoms with Gasteiger partial charge in [-0.3, -0.25) is 9.59 Å². The van der Waals surface area contributed by atoms with Gasteiger partial charge in [0.05, 0.1) is 0 Å². The van der Waals surface area contributed by atoms with Crippen LogP contribution in [0.2, 0.25) is 0 Å². The molecule has 1 unspecified atom stereocenters. The molecule has 2 N–H and O–H groups in total. The first-order valence-electron chi connectivity index (χ1n) is 9.76. The van der Waals surface area contributed by atoms with E-state index in [0.717, 1.165) is 0 Å². The van der Waals surface area contributed by atoms with E-state index in [2.05, 4.69) is 0 Å². The molecule has 0 aliphatic carbocycles. The summed E-state index contributed by atoms with van der Waals surface area (Å²) in [5.41, 5.74) is 5.27. The highest BCUT2D eigenvalue weighted by molar-refractivity contribution is 5.87. The van der Waals surface area contributed by atoms with Gasteiger partial charge in [0, 0.05) is 26.6 Å². The molecule has 1 aliphatic heterocycles. The molecule has 3 amide bonds. The standard InChI is InChI=1S/C21H30FN3O4/c1-21(2,3)29-20(28)25-10-8-14(9-11-25)12-17(26)24(4)18(19(23)27)15-6-5-7-16(22)13-15/h5-7,13-14,18H,8-12H2,1-4H3,(H2,23,27). The number of amides is 3. The minimum Gasteiger partial charge on any atom is -0.444 e. The van der Waals surface area contributed by atoms with Crippen molar-refractivity contribution < 1.29 is 23.5 Å². The van der Waals surface area contributed by atoms with Crippen molar-refractivity contribution in [1.82, 2.24) is 9.80 Å². The molecule has 1 saturated heterocycles. The maximum atomic E-state index is 13.5. The summed E-state index contributed by atoms with van der Waals surface area (Å²) in [6.07, 6.45) is 1.22.